The van der Waals surface area contributed by atoms with Crippen LogP contribution in [0.25, 0.3) is 11.3 Å². The molecular formula is C21H19NO7. The van der Waals surface area contributed by atoms with E-state index in [1.807, 2.05) is 0 Å². The third-order valence-electron chi connectivity index (χ3n) is 4.13. The van der Waals surface area contributed by atoms with Gasteiger partial charge in [0.2, 0.25) is 0 Å². The molecule has 0 saturated carbocycles. The number of rotatable bonds is 7. The molecule has 1 aromatic heterocycles. The van der Waals surface area contributed by atoms with E-state index in [2.05, 4.69) is 9.89 Å². The zero-order valence-electron chi connectivity index (χ0n) is 16.1. The smallest absolute Gasteiger partial charge is 0.339 e. The largest absolute Gasteiger partial charge is 0.493 e. The molecule has 0 radical (unpaired) electrons. The van der Waals surface area contributed by atoms with Crippen molar-refractivity contribution in [3.63, 3.8) is 0 Å². The lowest BCUT2D eigenvalue weighted by Crippen LogP contribution is -2.12. The summed E-state index contributed by atoms with van der Waals surface area (Å²) in [5.41, 5.74) is 1.39. The molecule has 0 aliphatic carbocycles. The van der Waals surface area contributed by atoms with Crippen LogP contribution in [-0.2, 0) is 16.1 Å². The van der Waals surface area contributed by atoms with Crippen molar-refractivity contribution in [3.05, 3.63) is 65.4 Å². The minimum absolute atomic E-state index is 0.114. The van der Waals surface area contributed by atoms with Gasteiger partial charge in [0.15, 0.2) is 17.3 Å². The van der Waals surface area contributed by atoms with Gasteiger partial charge in [0.25, 0.3) is 0 Å². The summed E-state index contributed by atoms with van der Waals surface area (Å²) in [6.07, 6.45) is 0. The molecule has 3 rings (SSSR count). The molecule has 0 aliphatic heterocycles. The Balaban J connectivity index is 1.72. The molecule has 8 heteroatoms. The number of benzene rings is 2. The van der Waals surface area contributed by atoms with Crippen LogP contribution in [0.4, 0.5) is 0 Å². The van der Waals surface area contributed by atoms with Crippen molar-refractivity contribution in [2.75, 3.05) is 21.3 Å². The predicted molar refractivity (Wildman–Crippen MR) is 102 cm³/mol. The van der Waals surface area contributed by atoms with Gasteiger partial charge in [-0.3, -0.25) is 0 Å². The number of hydrogen-bond acceptors (Lipinski definition) is 8. The maximum absolute atomic E-state index is 12.4. The van der Waals surface area contributed by atoms with E-state index in [-0.39, 0.29) is 17.7 Å². The Hall–Kier alpha value is -3.81. The van der Waals surface area contributed by atoms with Gasteiger partial charge < -0.3 is 23.5 Å². The van der Waals surface area contributed by atoms with Crippen molar-refractivity contribution >= 4 is 11.9 Å². The summed E-state index contributed by atoms with van der Waals surface area (Å²) in [5, 5.41) is 3.91. The van der Waals surface area contributed by atoms with Gasteiger partial charge in [-0.2, -0.15) is 0 Å². The third-order valence-corrected chi connectivity index (χ3v) is 4.13. The number of ether oxygens (including phenoxy) is 4. The van der Waals surface area contributed by atoms with Crippen LogP contribution in [0.1, 0.15) is 26.4 Å². The third kappa shape index (κ3) is 4.37. The maximum Gasteiger partial charge on any atom is 0.339 e. The lowest BCUT2D eigenvalue weighted by atomic mass is 10.1. The van der Waals surface area contributed by atoms with Gasteiger partial charge in [-0.1, -0.05) is 17.3 Å². The molecule has 3 aromatic rings. The summed E-state index contributed by atoms with van der Waals surface area (Å²) in [6.45, 7) is -0.120. The number of carbonyl (C=O) groups excluding carboxylic acids is 2. The summed E-state index contributed by atoms with van der Waals surface area (Å²) < 4.78 is 25.8. The maximum atomic E-state index is 12.4. The fourth-order valence-corrected chi connectivity index (χ4v) is 2.67. The first-order valence-corrected chi connectivity index (χ1v) is 8.59. The minimum Gasteiger partial charge on any atom is -0.493 e. The van der Waals surface area contributed by atoms with Crippen LogP contribution in [0.3, 0.4) is 0 Å². The zero-order valence-corrected chi connectivity index (χ0v) is 16.1. The van der Waals surface area contributed by atoms with E-state index in [9.17, 15) is 9.59 Å². The van der Waals surface area contributed by atoms with Crippen LogP contribution in [0.5, 0.6) is 11.5 Å². The Morgan fingerprint density at radius 1 is 0.897 bits per heavy atom. The molecule has 0 N–H and O–H groups in total. The van der Waals surface area contributed by atoms with Gasteiger partial charge in [-0.15, -0.1) is 0 Å². The summed E-state index contributed by atoms with van der Waals surface area (Å²) in [7, 11) is 4.34. The lowest BCUT2D eigenvalue weighted by molar-refractivity contribution is 0.0450. The SMILES string of the molecule is COC(=O)c1ccccc1C(=O)OCc1cc(-c2ccc(OC)c(OC)c2)on1. The second kappa shape index (κ2) is 8.92. The highest BCUT2D eigenvalue weighted by atomic mass is 16.5. The molecule has 2 aromatic carbocycles. The molecule has 29 heavy (non-hydrogen) atoms. The molecule has 150 valence electrons. The molecule has 0 atom stereocenters. The van der Waals surface area contributed by atoms with Gasteiger partial charge >= 0.3 is 11.9 Å². The quantitative estimate of drug-likeness (QED) is 0.559. The molecule has 0 saturated heterocycles. The van der Waals surface area contributed by atoms with E-state index in [4.69, 9.17) is 18.7 Å². The first kappa shape index (κ1) is 19.9. The van der Waals surface area contributed by atoms with E-state index >= 15 is 0 Å². The van der Waals surface area contributed by atoms with Crippen LogP contribution in [0.15, 0.2) is 53.1 Å². The first-order chi connectivity index (χ1) is 14.1. The van der Waals surface area contributed by atoms with Crippen LogP contribution in [0, 0.1) is 0 Å². The monoisotopic (exact) mass is 397 g/mol. The normalized spacial score (nSPS) is 10.3. The van der Waals surface area contributed by atoms with Crippen LogP contribution in [-0.4, -0.2) is 38.4 Å². The Morgan fingerprint density at radius 3 is 2.24 bits per heavy atom. The second-order valence-corrected chi connectivity index (χ2v) is 5.87. The van der Waals surface area contributed by atoms with Gasteiger partial charge in [0.05, 0.1) is 32.5 Å². The van der Waals surface area contributed by atoms with Gasteiger partial charge in [-0.25, -0.2) is 9.59 Å². The fourth-order valence-electron chi connectivity index (χ4n) is 2.67. The highest BCUT2D eigenvalue weighted by molar-refractivity contribution is 6.03. The molecule has 0 fully saturated rings. The van der Waals surface area contributed by atoms with Crippen molar-refractivity contribution in [1.82, 2.24) is 5.16 Å². The van der Waals surface area contributed by atoms with E-state index in [0.717, 1.165) is 5.56 Å². The Morgan fingerprint density at radius 2 is 1.59 bits per heavy atom. The van der Waals surface area contributed by atoms with Crippen molar-refractivity contribution in [2.45, 2.75) is 6.61 Å². The van der Waals surface area contributed by atoms with Crippen LogP contribution in [0.2, 0.25) is 0 Å². The zero-order chi connectivity index (χ0) is 20.8. The average molecular weight is 397 g/mol. The highest BCUT2D eigenvalue weighted by Gasteiger charge is 2.19. The van der Waals surface area contributed by atoms with Gasteiger partial charge in [-0.05, 0) is 30.3 Å². The molecule has 0 aliphatic rings. The standard InChI is InChI=1S/C21H19NO7/c1-25-17-9-8-13(10-19(17)26-2)18-11-14(22-29-18)12-28-21(24)16-7-5-4-6-15(16)20(23)27-3/h4-11H,12H2,1-3H3. The summed E-state index contributed by atoms with van der Waals surface area (Å²) in [4.78, 5) is 24.2. The number of aromatic nitrogens is 1. The van der Waals surface area contributed by atoms with Crippen molar-refractivity contribution in [3.8, 4) is 22.8 Å². The van der Waals surface area contributed by atoms with Gasteiger partial charge in [0, 0.05) is 11.6 Å². The van der Waals surface area contributed by atoms with Crippen LogP contribution >= 0.6 is 0 Å². The molecular weight excluding hydrogens is 378 g/mol. The van der Waals surface area contributed by atoms with E-state index < -0.39 is 11.9 Å². The molecule has 0 bridgehead atoms. The highest BCUT2D eigenvalue weighted by Crippen LogP contribution is 2.32. The van der Waals surface area contributed by atoms with Crippen molar-refractivity contribution < 1.29 is 33.1 Å². The Labute approximate surface area is 166 Å². The molecule has 0 amide bonds. The topological polar surface area (TPSA) is 97.1 Å². The lowest BCUT2D eigenvalue weighted by Gasteiger charge is -2.07. The van der Waals surface area contributed by atoms with Crippen LogP contribution < -0.4 is 9.47 Å². The summed E-state index contributed by atoms with van der Waals surface area (Å²) >= 11 is 0. The minimum atomic E-state index is -0.665. The Bertz CT molecular complexity index is 1030. The predicted octanol–water partition coefficient (Wildman–Crippen LogP) is 3.50. The van der Waals surface area contributed by atoms with E-state index in [1.165, 1.54) is 19.2 Å². The fraction of sp³-hybridized carbons (Fsp3) is 0.190. The number of nitrogens with zero attached hydrogens (tertiary/aromatic N) is 1. The average Bonchev–Trinajstić information content (AvgIpc) is 3.25. The number of carbonyl (C=O) groups is 2. The summed E-state index contributed by atoms with van der Waals surface area (Å²) in [6, 6.07) is 13.2. The molecule has 1 heterocycles. The second-order valence-electron chi connectivity index (χ2n) is 5.87. The summed E-state index contributed by atoms with van der Waals surface area (Å²) in [5.74, 6) is 0.339. The Kier molecular flexibility index (Phi) is 6.13. The molecule has 0 unspecified atom stereocenters. The molecule has 8 nitrogen and oxygen atoms in total. The van der Waals surface area contributed by atoms with E-state index in [1.54, 1.807) is 50.6 Å². The molecule has 0 spiro atoms. The number of hydrogen-bond donors (Lipinski definition) is 0. The van der Waals surface area contributed by atoms with E-state index in [0.29, 0.717) is 23.0 Å². The number of esters is 2. The first-order valence-electron chi connectivity index (χ1n) is 8.59. The van der Waals surface area contributed by atoms with Crippen molar-refractivity contribution in [2.24, 2.45) is 0 Å². The van der Waals surface area contributed by atoms with Gasteiger partial charge in [0.1, 0.15) is 12.3 Å². The van der Waals surface area contributed by atoms with Crippen molar-refractivity contribution in [1.29, 1.82) is 0 Å². The number of methoxy groups -OCH3 is 3.